The number of piperidine rings is 1. The van der Waals surface area contributed by atoms with E-state index in [2.05, 4.69) is 15.0 Å². The number of hydrogen-bond donors (Lipinski definition) is 1. The van der Waals surface area contributed by atoms with Crippen LogP contribution >= 0.6 is 11.8 Å². The fourth-order valence-electron chi connectivity index (χ4n) is 4.11. The van der Waals surface area contributed by atoms with Crippen LogP contribution in [0.5, 0.6) is 23.1 Å². The van der Waals surface area contributed by atoms with E-state index in [4.69, 9.17) is 14.2 Å². The number of hydrogen-bond acceptors (Lipinski definition) is 7. The zero-order chi connectivity index (χ0) is 26.0. The Labute approximate surface area is 226 Å². The molecular formula is C29H30N4O4S. The molecule has 1 amide bonds. The lowest BCUT2D eigenvalue weighted by molar-refractivity contribution is 0.117. The summed E-state index contributed by atoms with van der Waals surface area (Å²) in [6, 6.07) is 20.8. The van der Waals surface area contributed by atoms with Crippen molar-refractivity contribution in [1.82, 2.24) is 19.9 Å². The van der Waals surface area contributed by atoms with E-state index in [1.165, 1.54) is 5.56 Å². The lowest BCUT2D eigenvalue weighted by Crippen LogP contribution is -2.41. The predicted octanol–water partition coefficient (Wildman–Crippen LogP) is 6.22. The number of ether oxygens (including phenoxy) is 3. The quantitative estimate of drug-likeness (QED) is 0.243. The minimum absolute atomic E-state index is 0.297. The van der Waals surface area contributed by atoms with Crippen molar-refractivity contribution in [2.75, 3.05) is 25.4 Å². The summed E-state index contributed by atoms with van der Waals surface area (Å²) in [5.74, 6) is 3.95. The maximum atomic E-state index is 12.6. The number of imidazole rings is 1. The second-order valence-corrected chi connectivity index (χ2v) is 10.1. The van der Waals surface area contributed by atoms with Gasteiger partial charge in [0.25, 0.3) is 0 Å². The van der Waals surface area contributed by atoms with Gasteiger partial charge in [-0.2, -0.15) is 0 Å². The Bertz CT molecular complexity index is 1260. The van der Waals surface area contributed by atoms with Crippen LogP contribution in [0.2, 0.25) is 0 Å². The summed E-state index contributed by atoms with van der Waals surface area (Å²) in [5.41, 5.74) is 1.19. The number of carbonyl (C=O) groups is 1. The van der Waals surface area contributed by atoms with Crippen molar-refractivity contribution in [1.29, 1.82) is 0 Å². The normalized spacial score (nSPS) is 13.7. The molecule has 2 aromatic heterocycles. The third kappa shape index (κ3) is 7.52. The SMILES string of the molecule is O=C(Oc1ccc(CCSc2ncc[nH]2)cc1)N1CCC(COc2ccc(Oc3ccccn3)cc2)CC1. The summed E-state index contributed by atoms with van der Waals surface area (Å²) in [6.07, 6.45) is 7.64. The van der Waals surface area contributed by atoms with E-state index in [0.29, 0.717) is 43.0 Å². The number of carbonyl (C=O) groups excluding carboxylic acids is 1. The van der Waals surface area contributed by atoms with Crippen LogP contribution in [0.4, 0.5) is 4.79 Å². The first-order valence-corrected chi connectivity index (χ1v) is 13.7. The zero-order valence-electron chi connectivity index (χ0n) is 21.0. The molecule has 1 saturated heterocycles. The van der Waals surface area contributed by atoms with E-state index >= 15 is 0 Å². The zero-order valence-corrected chi connectivity index (χ0v) is 21.8. The predicted molar refractivity (Wildman–Crippen MR) is 146 cm³/mol. The van der Waals surface area contributed by atoms with E-state index < -0.39 is 0 Å². The van der Waals surface area contributed by atoms with Gasteiger partial charge in [0.15, 0.2) is 5.16 Å². The number of aromatic nitrogens is 3. The smallest absolute Gasteiger partial charge is 0.415 e. The van der Waals surface area contributed by atoms with Gasteiger partial charge in [0.05, 0.1) is 6.61 Å². The van der Waals surface area contributed by atoms with Crippen LogP contribution in [-0.2, 0) is 6.42 Å². The molecule has 0 radical (unpaired) electrons. The van der Waals surface area contributed by atoms with E-state index in [1.54, 1.807) is 29.1 Å². The number of rotatable bonds is 10. The van der Waals surface area contributed by atoms with E-state index in [-0.39, 0.29) is 6.09 Å². The number of amides is 1. The molecule has 4 aromatic rings. The van der Waals surface area contributed by atoms with Gasteiger partial charge in [-0.05, 0) is 73.2 Å². The molecular weight excluding hydrogens is 500 g/mol. The summed E-state index contributed by atoms with van der Waals surface area (Å²) in [5, 5.41) is 0.923. The van der Waals surface area contributed by atoms with Gasteiger partial charge in [-0.25, -0.2) is 14.8 Å². The fraction of sp³-hybridized carbons (Fsp3) is 0.276. The Kier molecular flexibility index (Phi) is 8.78. The van der Waals surface area contributed by atoms with Crippen molar-refractivity contribution in [3.63, 3.8) is 0 Å². The third-order valence-electron chi connectivity index (χ3n) is 6.27. The molecule has 9 heteroatoms. The second-order valence-electron chi connectivity index (χ2n) is 8.99. The second kappa shape index (κ2) is 13.0. The lowest BCUT2D eigenvalue weighted by Gasteiger charge is -2.31. The van der Waals surface area contributed by atoms with Crippen LogP contribution in [0.25, 0.3) is 0 Å². The van der Waals surface area contributed by atoms with Crippen molar-refractivity contribution in [2.24, 2.45) is 5.92 Å². The topological polar surface area (TPSA) is 89.6 Å². The van der Waals surface area contributed by atoms with Gasteiger partial charge < -0.3 is 24.1 Å². The van der Waals surface area contributed by atoms with Gasteiger partial charge in [-0.1, -0.05) is 30.0 Å². The molecule has 3 heterocycles. The van der Waals surface area contributed by atoms with Crippen molar-refractivity contribution in [2.45, 2.75) is 24.4 Å². The fourth-order valence-corrected chi connectivity index (χ4v) is 4.93. The van der Waals surface area contributed by atoms with Crippen LogP contribution < -0.4 is 14.2 Å². The molecule has 8 nitrogen and oxygen atoms in total. The molecule has 1 aliphatic heterocycles. The van der Waals surface area contributed by atoms with Gasteiger partial charge in [0.1, 0.15) is 17.2 Å². The van der Waals surface area contributed by atoms with Crippen molar-refractivity contribution < 1.29 is 19.0 Å². The maximum absolute atomic E-state index is 12.6. The van der Waals surface area contributed by atoms with Gasteiger partial charge in [-0.3, -0.25) is 0 Å². The average Bonchev–Trinajstić information content (AvgIpc) is 3.48. The highest BCUT2D eigenvalue weighted by atomic mass is 32.2. The van der Waals surface area contributed by atoms with Crippen LogP contribution in [0.15, 0.2) is 90.5 Å². The van der Waals surface area contributed by atoms with Crippen LogP contribution in [0.1, 0.15) is 18.4 Å². The summed E-state index contributed by atoms with van der Waals surface area (Å²) in [6.45, 7) is 1.93. The number of aromatic amines is 1. The largest absolute Gasteiger partial charge is 0.493 e. The number of nitrogens with zero attached hydrogens (tertiary/aromatic N) is 3. The molecule has 38 heavy (non-hydrogen) atoms. The first-order chi connectivity index (χ1) is 18.7. The van der Waals surface area contributed by atoms with Crippen molar-refractivity contribution in [3.8, 4) is 23.1 Å². The molecule has 2 aromatic carbocycles. The Morgan fingerprint density at radius 1 is 0.921 bits per heavy atom. The van der Waals surface area contributed by atoms with Gasteiger partial charge >= 0.3 is 6.09 Å². The standard InChI is InChI=1S/C29H30N4O4S/c34-29(37-26-6-4-22(5-7-26)14-20-38-28-31-16-17-32-28)33-18-12-23(13-19-33)21-35-24-8-10-25(11-9-24)36-27-3-1-2-15-30-27/h1-11,15-17,23H,12-14,18-21H2,(H,31,32). The molecule has 0 aliphatic carbocycles. The van der Waals surface area contributed by atoms with Gasteiger partial charge in [-0.15, -0.1) is 0 Å². The van der Waals surface area contributed by atoms with Crippen molar-refractivity contribution >= 4 is 17.9 Å². The summed E-state index contributed by atoms with van der Waals surface area (Å²) in [7, 11) is 0. The highest BCUT2D eigenvalue weighted by molar-refractivity contribution is 7.99. The minimum atomic E-state index is -0.297. The molecule has 1 N–H and O–H groups in total. The molecule has 0 saturated carbocycles. The van der Waals surface area contributed by atoms with Gasteiger partial charge in [0, 0.05) is 43.5 Å². The van der Waals surface area contributed by atoms with Gasteiger partial charge in [0.2, 0.25) is 5.88 Å². The van der Waals surface area contributed by atoms with E-state index in [0.717, 1.165) is 35.9 Å². The molecule has 1 aliphatic rings. The molecule has 0 atom stereocenters. The van der Waals surface area contributed by atoms with E-state index in [1.807, 2.05) is 72.9 Å². The highest BCUT2D eigenvalue weighted by Crippen LogP contribution is 2.25. The number of pyridine rings is 1. The number of thioether (sulfide) groups is 1. The molecule has 0 unspecified atom stereocenters. The molecule has 0 spiro atoms. The highest BCUT2D eigenvalue weighted by Gasteiger charge is 2.24. The molecule has 0 bridgehead atoms. The first-order valence-electron chi connectivity index (χ1n) is 12.7. The first kappa shape index (κ1) is 25.7. The van der Waals surface area contributed by atoms with Crippen molar-refractivity contribution in [3.05, 3.63) is 90.9 Å². The Morgan fingerprint density at radius 2 is 1.68 bits per heavy atom. The Hall–Kier alpha value is -3.98. The molecule has 5 rings (SSSR count). The van der Waals surface area contributed by atoms with Crippen LogP contribution in [0, 0.1) is 5.92 Å². The number of likely N-dealkylation sites (tertiary alicyclic amines) is 1. The Balaban J connectivity index is 0.997. The minimum Gasteiger partial charge on any atom is -0.493 e. The average molecular weight is 531 g/mol. The monoisotopic (exact) mass is 530 g/mol. The van der Waals surface area contributed by atoms with Crippen LogP contribution in [-0.4, -0.2) is 51.4 Å². The summed E-state index contributed by atoms with van der Waals surface area (Å²) in [4.78, 5) is 25.9. The molecule has 196 valence electrons. The number of H-pyrrole nitrogens is 1. The number of benzene rings is 2. The number of nitrogens with one attached hydrogen (secondary N) is 1. The van der Waals surface area contributed by atoms with E-state index in [9.17, 15) is 4.79 Å². The molecule has 1 fully saturated rings. The summed E-state index contributed by atoms with van der Waals surface area (Å²) < 4.78 is 17.3. The maximum Gasteiger partial charge on any atom is 0.415 e. The third-order valence-corrected chi connectivity index (χ3v) is 7.18. The summed E-state index contributed by atoms with van der Waals surface area (Å²) >= 11 is 1.68. The number of aryl methyl sites for hydroxylation is 1. The van der Waals surface area contributed by atoms with Crippen LogP contribution in [0.3, 0.4) is 0 Å². The lowest BCUT2D eigenvalue weighted by atomic mass is 9.98. The Morgan fingerprint density at radius 3 is 2.39 bits per heavy atom.